The van der Waals surface area contributed by atoms with Crippen LogP contribution in [0.15, 0.2) is 24.3 Å². The van der Waals surface area contributed by atoms with E-state index in [4.69, 9.17) is 9.47 Å². The first-order valence-corrected chi connectivity index (χ1v) is 9.47. The third-order valence-corrected chi connectivity index (χ3v) is 5.02. The molecule has 0 radical (unpaired) electrons. The van der Waals surface area contributed by atoms with Crippen molar-refractivity contribution in [3.8, 4) is 5.75 Å². The molecule has 0 aromatic heterocycles. The number of amides is 1. The number of para-hydroxylation sites is 1. The Labute approximate surface area is 144 Å². The molecule has 1 saturated carbocycles. The van der Waals surface area contributed by atoms with Crippen molar-refractivity contribution >= 4 is 5.91 Å². The van der Waals surface area contributed by atoms with Crippen LogP contribution in [0.25, 0.3) is 0 Å². The van der Waals surface area contributed by atoms with Crippen molar-refractivity contribution in [3.63, 3.8) is 0 Å². The van der Waals surface area contributed by atoms with Crippen LogP contribution in [-0.4, -0.2) is 31.3 Å². The van der Waals surface area contributed by atoms with Crippen molar-refractivity contribution in [1.29, 1.82) is 0 Å². The van der Waals surface area contributed by atoms with Gasteiger partial charge in [-0.1, -0.05) is 44.2 Å². The van der Waals surface area contributed by atoms with Crippen LogP contribution in [0.2, 0.25) is 0 Å². The molecule has 1 atom stereocenters. The van der Waals surface area contributed by atoms with E-state index in [1.165, 1.54) is 32.1 Å². The van der Waals surface area contributed by atoms with Gasteiger partial charge in [0.1, 0.15) is 12.4 Å². The van der Waals surface area contributed by atoms with E-state index in [2.05, 4.69) is 5.32 Å². The lowest BCUT2D eigenvalue weighted by molar-refractivity contribution is 0.0669. The molecule has 4 heteroatoms. The monoisotopic (exact) mass is 331 g/mol. The maximum Gasteiger partial charge on any atom is 0.255 e. The predicted molar refractivity (Wildman–Crippen MR) is 94.5 cm³/mol. The molecule has 1 amide bonds. The van der Waals surface area contributed by atoms with Crippen molar-refractivity contribution in [2.45, 2.75) is 69.9 Å². The first kappa shape index (κ1) is 17.3. The normalized spacial score (nSPS) is 22.6. The van der Waals surface area contributed by atoms with Crippen LogP contribution in [0.5, 0.6) is 5.75 Å². The second kappa shape index (κ2) is 9.07. The second-order valence-corrected chi connectivity index (χ2v) is 6.96. The van der Waals surface area contributed by atoms with Gasteiger partial charge in [0, 0.05) is 12.6 Å². The molecule has 24 heavy (non-hydrogen) atoms. The van der Waals surface area contributed by atoms with Crippen LogP contribution in [0, 0.1) is 0 Å². The summed E-state index contributed by atoms with van der Waals surface area (Å²) in [6, 6.07) is 7.83. The highest BCUT2D eigenvalue weighted by Gasteiger charge is 2.20. The molecule has 4 nitrogen and oxygen atoms in total. The van der Waals surface area contributed by atoms with Crippen LogP contribution < -0.4 is 10.1 Å². The van der Waals surface area contributed by atoms with Crippen LogP contribution in [0.3, 0.4) is 0 Å². The number of ether oxygens (including phenoxy) is 2. The zero-order valence-electron chi connectivity index (χ0n) is 14.5. The molecule has 132 valence electrons. The maximum absolute atomic E-state index is 12.7. The summed E-state index contributed by atoms with van der Waals surface area (Å²) in [6.45, 7) is 1.34. The van der Waals surface area contributed by atoms with Crippen molar-refractivity contribution in [1.82, 2.24) is 5.32 Å². The first-order chi connectivity index (χ1) is 11.8. The van der Waals surface area contributed by atoms with Crippen molar-refractivity contribution in [2.75, 3.05) is 13.2 Å². The van der Waals surface area contributed by atoms with Gasteiger partial charge in [-0.15, -0.1) is 0 Å². The smallest absolute Gasteiger partial charge is 0.255 e. The average Bonchev–Trinajstić information content (AvgIpc) is 3.09. The van der Waals surface area contributed by atoms with Gasteiger partial charge >= 0.3 is 0 Å². The summed E-state index contributed by atoms with van der Waals surface area (Å²) < 4.78 is 11.5. The fourth-order valence-corrected chi connectivity index (χ4v) is 3.60. The molecule has 2 aliphatic rings. The molecule has 1 aromatic carbocycles. The molecule has 1 saturated heterocycles. The second-order valence-electron chi connectivity index (χ2n) is 6.96. The zero-order valence-corrected chi connectivity index (χ0v) is 14.5. The van der Waals surface area contributed by atoms with Crippen LogP contribution >= 0.6 is 0 Å². The Kier molecular flexibility index (Phi) is 6.53. The largest absolute Gasteiger partial charge is 0.490 e. The van der Waals surface area contributed by atoms with Crippen molar-refractivity contribution in [2.24, 2.45) is 0 Å². The lowest BCUT2D eigenvalue weighted by Gasteiger charge is -2.22. The Morgan fingerprint density at radius 3 is 2.54 bits per heavy atom. The number of nitrogens with one attached hydrogen (secondary N) is 1. The minimum Gasteiger partial charge on any atom is -0.490 e. The summed E-state index contributed by atoms with van der Waals surface area (Å²) >= 11 is 0. The minimum atomic E-state index is -0.0106. The molecule has 1 heterocycles. The first-order valence-electron chi connectivity index (χ1n) is 9.47. The van der Waals surface area contributed by atoms with E-state index >= 15 is 0 Å². The lowest BCUT2D eigenvalue weighted by Crippen LogP contribution is -2.35. The number of hydrogen-bond acceptors (Lipinski definition) is 3. The third-order valence-electron chi connectivity index (χ3n) is 5.02. The highest BCUT2D eigenvalue weighted by Crippen LogP contribution is 2.22. The van der Waals surface area contributed by atoms with Gasteiger partial charge in [0.05, 0.1) is 11.7 Å². The standard InChI is InChI=1S/C20H29NO3/c22-20(21-16-9-4-2-1-3-5-10-16)18-12-6-7-13-19(18)24-15-17-11-8-14-23-17/h6-7,12-13,16-17H,1-5,8-11,14-15H2,(H,21,22). The van der Waals surface area contributed by atoms with E-state index in [0.717, 1.165) is 32.3 Å². The summed E-state index contributed by atoms with van der Waals surface area (Å²) in [6.07, 6.45) is 10.8. The summed E-state index contributed by atoms with van der Waals surface area (Å²) in [5, 5.41) is 3.22. The Hall–Kier alpha value is -1.55. The van der Waals surface area contributed by atoms with Crippen LogP contribution in [0.1, 0.15) is 68.1 Å². The Morgan fingerprint density at radius 1 is 1.04 bits per heavy atom. The lowest BCUT2D eigenvalue weighted by atomic mass is 9.96. The number of carbonyl (C=O) groups is 1. The Bertz CT molecular complexity index is 517. The van der Waals surface area contributed by atoms with Gasteiger partial charge in [0.15, 0.2) is 0 Å². The van der Waals surface area contributed by atoms with Crippen molar-refractivity contribution < 1.29 is 14.3 Å². The number of rotatable bonds is 5. The van der Waals surface area contributed by atoms with Gasteiger partial charge in [0.2, 0.25) is 0 Å². The molecule has 0 spiro atoms. The van der Waals surface area contributed by atoms with E-state index in [1.54, 1.807) is 0 Å². The molecule has 2 fully saturated rings. The fraction of sp³-hybridized carbons (Fsp3) is 0.650. The molecule has 0 bridgehead atoms. The van der Waals surface area contributed by atoms with Gasteiger partial charge in [-0.3, -0.25) is 4.79 Å². The topological polar surface area (TPSA) is 47.6 Å². The number of benzene rings is 1. The summed E-state index contributed by atoms with van der Waals surface area (Å²) in [7, 11) is 0. The molecule has 1 aliphatic heterocycles. The van der Waals surface area contributed by atoms with Gasteiger partial charge in [0.25, 0.3) is 5.91 Å². The van der Waals surface area contributed by atoms with Crippen LogP contribution in [0.4, 0.5) is 0 Å². The van der Waals surface area contributed by atoms with Crippen LogP contribution in [-0.2, 0) is 4.74 Å². The highest BCUT2D eigenvalue weighted by molar-refractivity contribution is 5.97. The quantitative estimate of drug-likeness (QED) is 0.884. The predicted octanol–water partition coefficient (Wildman–Crippen LogP) is 4.09. The zero-order chi connectivity index (χ0) is 16.6. The van der Waals surface area contributed by atoms with Gasteiger partial charge in [-0.2, -0.15) is 0 Å². The minimum absolute atomic E-state index is 0.0106. The molecule has 1 N–H and O–H groups in total. The van der Waals surface area contributed by atoms with Gasteiger partial charge in [-0.05, 0) is 37.8 Å². The molecule has 1 unspecified atom stereocenters. The summed E-state index contributed by atoms with van der Waals surface area (Å²) in [4.78, 5) is 12.7. The number of carbonyl (C=O) groups excluding carboxylic acids is 1. The van der Waals surface area contributed by atoms with Gasteiger partial charge < -0.3 is 14.8 Å². The molecular weight excluding hydrogens is 302 g/mol. The highest BCUT2D eigenvalue weighted by atomic mass is 16.5. The van der Waals surface area contributed by atoms with Gasteiger partial charge in [-0.25, -0.2) is 0 Å². The SMILES string of the molecule is O=C(NC1CCCCCCC1)c1ccccc1OCC1CCCO1. The molecule has 1 aromatic rings. The van der Waals surface area contributed by atoms with E-state index in [1.807, 2.05) is 24.3 Å². The molecule has 1 aliphatic carbocycles. The molecule has 3 rings (SSSR count). The summed E-state index contributed by atoms with van der Waals surface area (Å²) in [5.41, 5.74) is 0.637. The Morgan fingerprint density at radius 2 is 1.79 bits per heavy atom. The maximum atomic E-state index is 12.7. The van der Waals surface area contributed by atoms with E-state index in [9.17, 15) is 4.79 Å². The summed E-state index contributed by atoms with van der Waals surface area (Å²) in [5.74, 6) is 0.653. The fourth-order valence-electron chi connectivity index (χ4n) is 3.60. The van der Waals surface area contributed by atoms with Crippen molar-refractivity contribution in [3.05, 3.63) is 29.8 Å². The van der Waals surface area contributed by atoms with E-state index < -0.39 is 0 Å². The third kappa shape index (κ3) is 4.97. The van der Waals surface area contributed by atoms with E-state index in [0.29, 0.717) is 24.0 Å². The Balaban J connectivity index is 1.58. The molecular formula is C20H29NO3. The van der Waals surface area contributed by atoms with E-state index in [-0.39, 0.29) is 12.0 Å². The average molecular weight is 331 g/mol. The number of hydrogen-bond donors (Lipinski definition) is 1.